The maximum absolute atomic E-state index is 10.4. The fourth-order valence-corrected chi connectivity index (χ4v) is 2.29. The third kappa shape index (κ3) is 3.19. The van der Waals surface area contributed by atoms with E-state index in [0.717, 1.165) is 45.3 Å². The molecule has 0 aromatic rings. The summed E-state index contributed by atoms with van der Waals surface area (Å²) in [6.07, 6.45) is 3.67. The number of nitriles is 1. The summed E-state index contributed by atoms with van der Waals surface area (Å²) in [5.74, 6) is -0.251. The quantitative estimate of drug-likeness (QED) is 0.772. The van der Waals surface area contributed by atoms with Crippen molar-refractivity contribution in [2.45, 2.75) is 45.1 Å². The Morgan fingerprint density at radius 1 is 1.47 bits per heavy atom. The molecule has 1 aliphatic heterocycles. The van der Waals surface area contributed by atoms with Gasteiger partial charge >= 0.3 is 0 Å². The normalized spacial score (nSPS) is 30.5. The van der Waals surface area contributed by atoms with Crippen LogP contribution in [0.1, 0.15) is 39.5 Å². The molecule has 1 heterocycles. The Kier molecular flexibility index (Phi) is 4.56. The summed E-state index contributed by atoms with van der Waals surface area (Å²) < 4.78 is 0. The summed E-state index contributed by atoms with van der Waals surface area (Å²) in [5.41, 5.74) is -0.753. The number of nitrogens with zero attached hydrogens (tertiary/aromatic N) is 2. The van der Waals surface area contributed by atoms with Crippen molar-refractivity contribution in [1.82, 2.24) is 4.90 Å². The molecule has 0 radical (unpaired) electrons. The first-order valence-electron chi connectivity index (χ1n) is 5.96. The number of hydrogen-bond acceptors (Lipinski definition) is 3. The van der Waals surface area contributed by atoms with Crippen LogP contribution in [0.4, 0.5) is 0 Å². The van der Waals surface area contributed by atoms with E-state index in [9.17, 15) is 5.11 Å². The van der Waals surface area contributed by atoms with Gasteiger partial charge in [0.25, 0.3) is 0 Å². The smallest absolute Gasteiger partial charge is 0.0815 e. The van der Waals surface area contributed by atoms with Crippen LogP contribution in [0.25, 0.3) is 0 Å². The number of hydrogen-bond donors (Lipinski definition) is 1. The van der Waals surface area contributed by atoms with Gasteiger partial charge in [0.05, 0.1) is 17.6 Å². The topological polar surface area (TPSA) is 47.3 Å². The standard InChI is InChI=1S/C12H22N2O/c1-3-7-14-8-4-5-12(15,6-9-14)11(2)10-13/h11,15H,3-9H2,1-2H3. The van der Waals surface area contributed by atoms with Crippen molar-refractivity contribution in [3.05, 3.63) is 0 Å². The largest absolute Gasteiger partial charge is 0.388 e. The van der Waals surface area contributed by atoms with E-state index in [1.165, 1.54) is 0 Å². The van der Waals surface area contributed by atoms with Gasteiger partial charge in [0.2, 0.25) is 0 Å². The highest BCUT2D eigenvalue weighted by atomic mass is 16.3. The van der Waals surface area contributed by atoms with Crippen molar-refractivity contribution in [2.75, 3.05) is 19.6 Å². The van der Waals surface area contributed by atoms with Crippen LogP contribution < -0.4 is 0 Å². The Hall–Kier alpha value is -0.590. The fraction of sp³-hybridized carbons (Fsp3) is 0.917. The zero-order valence-electron chi connectivity index (χ0n) is 9.87. The molecule has 1 saturated heterocycles. The first-order valence-corrected chi connectivity index (χ1v) is 5.96. The molecular formula is C12H22N2O. The zero-order chi connectivity index (χ0) is 11.3. The van der Waals surface area contributed by atoms with Crippen molar-refractivity contribution in [1.29, 1.82) is 5.26 Å². The molecular weight excluding hydrogens is 188 g/mol. The second-order valence-electron chi connectivity index (χ2n) is 4.65. The highest BCUT2D eigenvalue weighted by Crippen LogP contribution is 2.29. The highest BCUT2D eigenvalue weighted by Gasteiger charge is 2.35. The van der Waals surface area contributed by atoms with Gasteiger partial charge in [0.15, 0.2) is 0 Å². The van der Waals surface area contributed by atoms with Gasteiger partial charge in [-0.1, -0.05) is 6.92 Å². The number of aliphatic hydroxyl groups is 1. The maximum atomic E-state index is 10.4. The molecule has 0 aliphatic carbocycles. The molecule has 1 rings (SSSR count). The van der Waals surface area contributed by atoms with E-state index in [1.807, 2.05) is 6.92 Å². The first-order chi connectivity index (χ1) is 7.12. The van der Waals surface area contributed by atoms with Crippen LogP contribution in [-0.2, 0) is 0 Å². The Balaban J connectivity index is 2.55. The molecule has 15 heavy (non-hydrogen) atoms. The van der Waals surface area contributed by atoms with Gasteiger partial charge < -0.3 is 10.0 Å². The van der Waals surface area contributed by atoms with Crippen LogP contribution in [0.3, 0.4) is 0 Å². The van der Waals surface area contributed by atoms with E-state index in [4.69, 9.17) is 5.26 Å². The van der Waals surface area contributed by atoms with Crippen LogP contribution in [0, 0.1) is 17.2 Å². The Bertz CT molecular complexity index is 236. The molecule has 2 unspecified atom stereocenters. The molecule has 1 N–H and O–H groups in total. The van der Waals surface area contributed by atoms with E-state index in [1.54, 1.807) is 0 Å². The Morgan fingerprint density at radius 2 is 2.20 bits per heavy atom. The van der Waals surface area contributed by atoms with Crippen molar-refractivity contribution in [3.8, 4) is 6.07 Å². The Morgan fingerprint density at radius 3 is 2.80 bits per heavy atom. The third-order valence-corrected chi connectivity index (χ3v) is 3.48. The van der Waals surface area contributed by atoms with Crippen molar-refractivity contribution >= 4 is 0 Å². The minimum Gasteiger partial charge on any atom is -0.388 e. The molecule has 0 spiro atoms. The highest BCUT2D eigenvalue weighted by molar-refractivity contribution is 4.97. The van der Waals surface area contributed by atoms with Gasteiger partial charge in [0.1, 0.15) is 0 Å². The molecule has 3 heteroatoms. The second-order valence-corrected chi connectivity index (χ2v) is 4.65. The zero-order valence-corrected chi connectivity index (χ0v) is 9.87. The van der Waals surface area contributed by atoms with Crippen LogP contribution >= 0.6 is 0 Å². The molecule has 86 valence electrons. The lowest BCUT2D eigenvalue weighted by molar-refractivity contribution is -0.00533. The fourth-order valence-electron chi connectivity index (χ4n) is 2.29. The van der Waals surface area contributed by atoms with Crippen molar-refractivity contribution in [3.63, 3.8) is 0 Å². The van der Waals surface area contributed by atoms with Crippen LogP contribution in [0.15, 0.2) is 0 Å². The summed E-state index contributed by atoms with van der Waals surface area (Å²) in [4.78, 5) is 2.39. The van der Waals surface area contributed by atoms with Gasteiger partial charge in [-0.15, -0.1) is 0 Å². The molecule has 0 aromatic heterocycles. The van der Waals surface area contributed by atoms with Crippen LogP contribution in [0.5, 0.6) is 0 Å². The van der Waals surface area contributed by atoms with Gasteiger partial charge in [-0.05, 0) is 45.7 Å². The minimum absolute atomic E-state index is 0.251. The number of likely N-dealkylation sites (tertiary alicyclic amines) is 1. The van der Waals surface area contributed by atoms with E-state index in [0.29, 0.717) is 0 Å². The maximum Gasteiger partial charge on any atom is 0.0815 e. The van der Waals surface area contributed by atoms with Crippen molar-refractivity contribution < 1.29 is 5.11 Å². The molecule has 1 aliphatic rings. The predicted molar refractivity (Wildman–Crippen MR) is 60.3 cm³/mol. The number of rotatable bonds is 3. The van der Waals surface area contributed by atoms with Gasteiger partial charge in [-0.3, -0.25) is 0 Å². The van der Waals surface area contributed by atoms with Gasteiger partial charge in [0, 0.05) is 6.54 Å². The predicted octanol–water partition coefficient (Wildman–Crippen LogP) is 1.77. The van der Waals surface area contributed by atoms with E-state index < -0.39 is 5.60 Å². The summed E-state index contributed by atoms with van der Waals surface area (Å²) >= 11 is 0. The van der Waals surface area contributed by atoms with E-state index in [-0.39, 0.29) is 5.92 Å². The van der Waals surface area contributed by atoms with Crippen molar-refractivity contribution in [2.24, 2.45) is 5.92 Å². The molecule has 0 aromatic carbocycles. The van der Waals surface area contributed by atoms with Gasteiger partial charge in [-0.25, -0.2) is 0 Å². The monoisotopic (exact) mass is 210 g/mol. The first kappa shape index (κ1) is 12.5. The van der Waals surface area contributed by atoms with Crippen LogP contribution in [-0.4, -0.2) is 35.2 Å². The lowest BCUT2D eigenvalue weighted by Crippen LogP contribution is -2.37. The lowest BCUT2D eigenvalue weighted by Gasteiger charge is -2.29. The third-order valence-electron chi connectivity index (χ3n) is 3.48. The summed E-state index contributed by atoms with van der Waals surface area (Å²) in [6, 6.07) is 2.18. The summed E-state index contributed by atoms with van der Waals surface area (Å²) in [5, 5.41) is 19.2. The second kappa shape index (κ2) is 5.48. The van der Waals surface area contributed by atoms with E-state index >= 15 is 0 Å². The molecule has 2 atom stereocenters. The van der Waals surface area contributed by atoms with Crippen LogP contribution in [0.2, 0.25) is 0 Å². The SMILES string of the molecule is CCCN1CCCC(O)(C(C)C#N)CC1. The molecule has 0 bridgehead atoms. The summed E-state index contributed by atoms with van der Waals surface area (Å²) in [7, 11) is 0. The average Bonchev–Trinajstić information content (AvgIpc) is 2.42. The average molecular weight is 210 g/mol. The van der Waals surface area contributed by atoms with E-state index in [2.05, 4.69) is 17.9 Å². The van der Waals surface area contributed by atoms with Gasteiger partial charge in [-0.2, -0.15) is 5.26 Å². The molecule has 0 saturated carbocycles. The molecule has 1 fully saturated rings. The molecule has 0 amide bonds. The molecule has 3 nitrogen and oxygen atoms in total. The lowest BCUT2D eigenvalue weighted by atomic mass is 9.83. The Labute approximate surface area is 92.7 Å². The summed E-state index contributed by atoms with van der Waals surface area (Å²) in [6.45, 7) is 7.10. The minimum atomic E-state index is -0.753.